The summed E-state index contributed by atoms with van der Waals surface area (Å²) in [6.07, 6.45) is 10.5. The molecule has 0 unspecified atom stereocenters. The Labute approximate surface area is 223 Å². The van der Waals surface area contributed by atoms with Crippen LogP contribution in [0.5, 0.6) is 11.5 Å². The van der Waals surface area contributed by atoms with E-state index >= 15 is 0 Å². The van der Waals surface area contributed by atoms with Gasteiger partial charge >= 0.3 is 5.97 Å². The highest BCUT2D eigenvalue weighted by Gasteiger charge is 2.07. The van der Waals surface area contributed by atoms with Crippen LogP contribution in [-0.4, -0.2) is 29.8 Å². The van der Waals surface area contributed by atoms with E-state index in [0.29, 0.717) is 23.8 Å². The van der Waals surface area contributed by atoms with Crippen LogP contribution >= 0.6 is 11.8 Å². The first-order valence-corrected chi connectivity index (χ1v) is 13.7. The molecule has 6 nitrogen and oxygen atoms in total. The van der Waals surface area contributed by atoms with E-state index < -0.39 is 5.97 Å². The summed E-state index contributed by atoms with van der Waals surface area (Å²) in [5.74, 6) is 1.14. The van der Waals surface area contributed by atoms with Crippen LogP contribution in [0.3, 0.4) is 0 Å². The number of hydrogen-bond acceptors (Lipinski definition) is 6. The number of aryl methyl sites for hydroxylation is 1. The minimum absolute atomic E-state index is 0.534. The first-order chi connectivity index (χ1) is 18.0. The van der Waals surface area contributed by atoms with Gasteiger partial charge in [0.2, 0.25) is 0 Å². The molecule has 0 radical (unpaired) electrons. The van der Waals surface area contributed by atoms with Gasteiger partial charge in [-0.15, -0.1) is 11.8 Å². The summed E-state index contributed by atoms with van der Waals surface area (Å²) in [7, 11) is 1.69. The average Bonchev–Trinajstić information content (AvgIpc) is 2.90. The Kier molecular flexibility index (Phi) is 11.9. The van der Waals surface area contributed by atoms with Crippen LogP contribution in [-0.2, 0) is 17.0 Å². The zero-order valence-corrected chi connectivity index (χ0v) is 22.2. The van der Waals surface area contributed by atoms with Crippen LogP contribution in [0, 0.1) is 0 Å². The molecule has 1 heterocycles. The van der Waals surface area contributed by atoms with Gasteiger partial charge < -0.3 is 20.3 Å². The van der Waals surface area contributed by atoms with Gasteiger partial charge in [0.25, 0.3) is 0 Å². The van der Waals surface area contributed by atoms with E-state index in [0.717, 1.165) is 47.4 Å². The highest BCUT2D eigenvalue weighted by Crippen LogP contribution is 2.26. The van der Waals surface area contributed by atoms with Gasteiger partial charge in [0.05, 0.1) is 19.4 Å². The number of methoxy groups -OCH3 is 1. The number of rotatable bonds is 16. The Hall–Kier alpha value is -3.45. The molecule has 0 aliphatic rings. The number of anilines is 1. The normalized spacial score (nSPS) is 11.1. The molecule has 0 bridgehead atoms. The molecular weight excluding hydrogens is 484 g/mol. The summed E-state index contributed by atoms with van der Waals surface area (Å²) in [4.78, 5) is 16.7. The van der Waals surface area contributed by atoms with Crippen LogP contribution in [0.4, 0.5) is 5.69 Å². The number of nitrogen functional groups attached to an aromatic ring is 1. The van der Waals surface area contributed by atoms with Crippen molar-refractivity contribution in [2.45, 2.75) is 55.6 Å². The van der Waals surface area contributed by atoms with Crippen LogP contribution in [0.2, 0.25) is 0 Å². The van der Waals surface area contributed by atoms with E-state index in [9.17, 15) is 4.79 Å². The van der Waals surface area contributed by atoms with E-state index in [4.69, 9.17) is 20.3 Å². The third-order valence-electron chi connectivity index (χ3n) is 5.85. The van der Waals surface area contributed by atoms with E-state index in [1.807, 2.05) is 48.5 Å². The molecule has 0 saturated carbocycles. The molecule has 3 aromatic rings. The number of carbonyl (C=O) groups is 1. The molecule has 0 aliphatic carbocycles. The van der Waals surface area contributed by atoms with Gasteiger partial charge in [-0.05, 0) is 73.4 Å². The fourth-order valence-electron chi connectivity index (χ4n) is 3.85. The summed E-state index contributed by atoms with van der Waals surface area (Å²) in [6.45, 7) is 0.582. The number of aliphatic carboxylic acids is 1. The van der Waals surface area contributed by atoms with Crippen molar-refractivity contribution in [1.82, 2.24) is 4.98 Å². The summed E-state index contributed by atoms with van der Waals surface area (Å²) in [5.41, 5.74) is 9.31. The number of ether oxygens (including phenoxy) is 2. The SMILES string of the molecule is COc1ccc(CCCCCCCCOc2ccc(CSc3cccc(N)c3)nc2C=CC(=O)O)cc1. The fraction of sp³-hybridized carbons (Fsp3) is 0.333. The largest absolute Gasteiger partial charge is 0.497 e. The number of unbranched alkanes of at least 4 members (excludes halogenated alkanes) is 5. The molecular formula is C30H36N2O4S. The Morgan fingerprint density at radius 3 is 2.49 bits per heavy atom. The van der Waals surface area contributed by atoms with Crippen molar-refractivity contribution >= 4 is 29.5 Å². The molecule has 2 aromatic carbocycles. The lowest BCUT2D eigenvalue weighted by Gasteiger charge is -2.11. The predicted octanol–water partition coefficient (Wildman–Crippen LogP) is 7.02. The second-order valence-corrected chi connectivity index (χ2v) is 9.84. The van der Waals surface area contributed by atoms with Crippen molar-refractivity contribution in [3.05, 3.63) is 83.7 Å². The number of nitrogens with two attached hydrogens (primary N) is 1. The molecule has 7 heteroatoms. The Morgan fingerprint density at radius 1 is 1.00 bits per heavy atom. The van der Waals surface area contributed by atoms with Crippen LogP contribution in [0.15, 0.2) is 71.6 Å². The van der Waals surface area contributed by atoms with Gasteiger partial charge in [-0.2, -0.15) is 0 Å². The Morgan fingerprint density at radius 2 is 1.76 bits per heavy atom. The number of hydrogen-bond donors (Lipinski definition) is 2. The van der Waals surface area contributed by atoms with Crippen LogP contribution < -0.4 is 15.2 Å². The highest BCUT2D eigenvalue weighted by molar-refractivity contribution is 7.98. The molecule has 0 atom stereocenters. The molecule has 3 N–H and O–H groups in total. The van der Waals surface area contributed by atoms with Gasteiger partial charge in [-0.25, -0.2) is 9.78 Å². The average molecular weight is 521 g/mol. The second kappa shape index (κ2) is 15.6. The van der Waals surface area contributed by atoms with Gasteiger partial charge in [-0.1, -0.05) is 43.9 Å². The van der Waals surface area contributed by atoms with E-state index in [2.05, 4.69) is 17.1 Å². The maximum absolute atomic E-state index is 11.0. The molecule has 0 spiro atoms. The molecule has 0 aliphatic heterocycles. The number of aromatic nitrogens is 1. The first-order valence-electron chi connectivity index (χ1n) is 12.7. The summed E-state index contributed by atoms with van der Waals surface area (Å²) in [5, 5.41) is 9.06. The monoisotopic (exact) mass is 520 g/mol. The maximum Gasteiger partial charge on any atom is 0.328 e. The Balaban J connectivity index is 1.38. The van der Waals surface area contributed by atoms with Gasteiger partial charge in [0.1, 0.15) is 17.2 Å². The van der Waals surface area contributed by atoms with E-state index in [1.54, 1.807) is 18.9 Å². The minimum Gasteiger partial charge on any atom is -0.497 e. The Bertz CT molecular complexity index is 1150. The number of carboxylic acid groups (broad SMARTS) is 1. The number of pyridine rings is 1. The van der Waals surface area contributed by atoms with Gasteiger partial charge in [0, 0.05) is 22.4 Å². The van der Waals surface area contributed by atoms with Crippen molar-refractivity contribution in [1.29, 1.82) is 0 Å². The molecule has 3 rings (SSSR count). The summed E-state index contributed by atoms with van der Waals surface area (Å²) >= 11 is 1.63. The number of thioether (sulfide) groups is 1. The lowest BCUT2D eigenvalue weighted by atomic mass is 10.0. The lowest BCUT2D eigenvalue weighted by Crippen LogP contribution is -2.02. The third-order valence-corrected chi connectivity index (χ3v) is 6.88. The fourth-order valence-corrected chi connectivity index (χ4v) is 4.72. The maximum atomic E-state index is 11.0. The molecule has 0 amide bonds. The topological polar surface area (TPSA) is 94.7 Å². The second-order valence-electron chi connectivity index (χ2n) is 8.79. The lowest BCUT2D eigenvalue weighted by molar-refractivity contribution is -0.131. The minimum atomic E-state index is -1.01. The van der Waals surface area contributed by atoms with Crippen molar-refractivity contribution in [2.75, 3.05) is 19.5 Å². The van der Waals surface area contributed by atoms with Crippen LogP contribution in [0.25, 0.3) is 6.08 Å². The number of nitrogens with zero attached hydrogens (tertiary/aromatic N) is 1. The quantitative estimate of drug-likeness (QED) is 0.0906. The molecule has 0 saturated heterocycles. The first kappa shape index (κ1) is 28.1. The number of carboxylic acids is 1. The molecule has 196 valence electrons. The van der Waals surface area contributed by atoms with Gasteiger partial charge in [0.15, 0.2) is 0 Å². The smallest absolute Gasteiger partial charge is 0.328 e. The van der Waals surface area contributed by atoms with Crippen LogP contribution in [0.1, 0.15) is 55.5 Å². The van der Waals surface area contributed by atoms with E-state index in [-0.39, 0.29) is 0 Å². The zero-order chi connectivity index (χ0) is 26.3. The highest BCUT2D eigenvalue weighted by atomic mass is 32.2. The standard InChI is InChI=1S/C30H36N2O4S/c1-35-26-15-12-23(13-16-26)9-6-4-2-3-5-7-20-36-29-18-14-25(32-28(29)17-19-30(33)34)22-37-27-11-8-10-24(31)21-27/h8,10-19,21H,2-7,9,20,22,31H2,1H3,(H,33,34). The van der Waals surface area contributed by atoms with Crippen molar-refractivity contribution in [3.8, 4) is 11.5 Å². The predicted molar refractivity (Wildman–Crippen MR) is 151 cm³/mol. The van der Waals surface area contributed by atoms with Gasteiger partial charge in [-0.3, -0.25) is 0 Å². The molecule has 1 aromatic heterocycles. The number of benzene rings is 2. The third kappa shape index (κ3) is 10.6. The van der Waals surface area contributed by atoms with Crippen molar-refractivity contribution < 1.29 is 19.4 Å². The summed E-state index contributed by atoms with van der Waals surface area (Å²) in [6, 6.07) is 19.8. The van der Waals surface area contributed by atoms with E-state index in [1.165, 1.54) is 37.3 Å². The van der Waals surface area contributed by atoms with Crippen molar-refractivity contribution in [2.24, 2.45) is 0 Å². The molecule has 0 fully saturated rings. The summed E-state index contributed by atoms with van der Waals surface area (Å²) < 4.78 is 11.2. The molecule has 37 heavy (non-hydrogen) atoms. The zero-order valence-electron chi connectivity index (χ0n) is 21.4. The van der Waals surface area contributed by atoms with Crippen molar-refractivity contribution in [3.63, 3.8) is 0 Å².